The fraction of sp³-hybridized carbons (Fsp3) is 0.440. The van der Waals surface area contributed by atoms with E-state index < -0.39 is 12.1 Å². The molecule has 174 valence electrons. The Balaban J connectivity index is 1.63. The van der Waals surface area contributed by atoms with Crippen molar-refractivity contribution in [2.24, 2.45) is 5.92 Å². The van der Waals surface area contributed by atoms with E-state index in [-0.39, 0.29) is 30.2 Å². The van der Waals surface area contributed by atoms with Gasteiger partial charge in [0.05, 0.1) is 6.54 Å². The molecule has 1 saturated carbocycles. The molecule has 33 heavy (non-hydrogen) atoms. The molecule has 1 aliphatic carbocycles. The van der Waals surface area contributed by atoms with E-state index in [1.165, 1.54) is 4.90 Å². The Morgan fingerprint density at radius 3 is 2.55 bits per heavy atom. The highest BCUT2D eigenvalue weighted by atomic mass is 16.2. The summed E-state index contributed by atoms with van der Waals surface area (Å²) < 4.78 is 0. The van der Waals surface area contributed by atoms with Gasteiger partial charge < -0.3 is 16.0 Å². The second kappa shape index (κ2) is 10.6. The van der Waals surface area contributed by atoms with Crippen molar-refractivity contribution in [1.29, 1.82) is 0 Å². The molecular formula is C25H31N5O3. The van der Waals surface area contributed by atoms with Crippen molar-refractivity contribution in [2.75, 3.05) is 23.8 Å². The lowest BCUT2D eigenvalue weighted by atomic mass is 9.83. The van der Waals surface area contributed by atoms with Crippen molar-refractivity contribution < 1.29 is 14.4 Å². The zero-order chi connectivity index (χ0) is 23.2. The molecule has 2 heterocycles. The maximum atomic E-state index is 14.0. The van der Waals surface area contributed by atoms with Crippen LogP contribution in [0.15, 0.2) is 48.7 Å². The maximum Gasteiger partial charge on any atom is 0.251 e. The predicted octanol–water partition coefficient (Wildman–Crippen LogP) is 2.26. The van der Waals surface area contributed by atoms with Gasteiger partial charge in [-0.25, -0.2) is 4.98 Å². The van der Waals surface area contributed by atoms with Crippen molar-refractivity contribution >= 4 is 29.2 Å². The molecule has 8 heteroatoms. The molecule has 0 saturated heterocycles. The summed E-state index contributed by atoms with van der Waals surface area (Å²) in [5, 5.41) is 8.72. The summed E-state index contributed by atoms with van der Waals surface area (Å²) in [4.78, 5) is 45.7. The molecule has 4 rings (SSSR count). The summed E-state index contributed by atoms with van der Waals surface area (Å²) in [5.41, 5.74) is 1.52. The van der Waals surface area contributed by atoms with Crippen LogP contribution in [0.3, 0.4) is 0 Å². The number of hydrogen-bond acceptors (Lipinski definition) is 5. The van der Waals surface area contributed by atoms with Crippen LogP contribution >= 0.6 is 0 Å². The van der Waals surface area contributed by atoms with Crippen LogP contribution in [0.2, 0.25) is 0 Å². The van der Waals surface area contributed by atoms with Crippen LogP contribution in [0.4, 0.5) is 11.5 Å². The van der Waals surface area contributed by atoms with Gasteiger partial charge in [-0.05, 0) is 49.6 Å². The summed E-state index contributed by atoms with van der Waals surface area (Å²) in [6.07, 6.45) is 6.96. The molecule has 0 bridgehead atoms. The number of hydrogen-bond donors (Lipinski definition) is 3. The average Bonchev–Trinajstić information content (AvgIpc) is 3.23. The lowest BCUT2D eigenvalue weighted by molar-refractivity contribution is -0.129. The summed E-state index contributed by atoms with van der Waals surface area (Å²) in [6, 6.07) is 11.5. The molecule has 3 amide bonds. The first-order chi connectivity index (χ1) is 16.1. The number of pyridine rings is 1. The molecule has 1 aliphatic heterocycles. The summed E-state index contributed by atoms with van der Waals surface area (Å²) in [6.45, 7) is 0.128. The second-order valence-corrected chi connectivity index (χ2v) is 8.74. The van der Waals surface area contributed by atoms with Gasteiger partial charge in [-0.1, -0.05) is 43.5 Å². The van der Waals surface area contributed by atoms with Gasteiger partial charge in [-0.2, -0.15) is 0 Å². The predicted molar refractivity (Wildman–Crippen MR) is 127 cm³/mol. The SMILES string of the molecule is CNCC(=O)NC(C(=O)N1c2ncccc2C[C@@H]1C(=O)Nc1ccccc1)C1CCCCC1. The van der Waals surface area contributed by atoms with Gasteiger partial charge in [0.2, 0.25) is 11.8 Å². The lowest BCUT2D eigenvalue weighted by Gasteiger charge is -2.34. The van der Waals surface area contributed by atoms with Gasteiger partial charge in [-0.3, -0.25) is 19.3 Å². The zero-order valence-corrected chi connectivity index (χ0v) is 18.9. The normalized spacial score (nSPS) is 18.9. The van der Waals surface area contributed by atoms with E-state index in [1.54, 1.807) is 13.2 Å². The van der Waals surface area contributed by atoms with Gasteiger partial charge in [0.25, 0.3) is 5.91 Å². The molecule has 1 unspecified atom stereocenters. The molecule has 1 aromatic carbocycles. The monoisotopic (exact) mass is 449 g/mol. The topological polar surface area (TPSA) is 103 Å². The van der Waals surface area contributed by atoms with Gasteiger partial charge in [0, 0.05) is 18.3 Å². The molecule has 2 atom stereocenters. The van der Waals surface area contributed by atoms with Gasteiger partial charge in [-0.15, -0.1) is 0 Å². The summed E-state index contributed by atoms with van der Waals surface area (Å²) >= 11 is 0. The van der Waals surface area contributed by atoms with Crippen molar-refractivity contribution in [3.63, 3.8) is 0 Å². The van der Waals surface area contributed by atoms with Crippen LogP contribution in [0.5, 0.6) is 0 Å². The molecule has 3 N–H and O–H groups in total. The van der Waals surface area contributed by atoms with Crippen molar-refractivity contribution in [3.8, 4) is 0 Å². The largest absolute Gasteiger partial charge is 0.343 e. The van der Waals surface area contributed by atoms with Gasteiger partial charge >= 0.3 is 0 Å². The minimum absolute atomic E-state index is 0.0395. The summed E-state index contributed by atoms with van der Waals surface area (Å²) in [5.74, 6) is -0.224. The first kappa shape index (κ1) is 22.9. The Hall–Kier alpha value is -3.26. The van der Waals surface area contributed by atoms with Crippen molar-refractivity contribution in [1.82, 2.24) is 15.6 Å². The highest BCUT2D eigenvalue weighted by Gasteiger charge is 2.44. The Bertz CT molecular complexity index is 991. The fourth-order valence-corrected chi connectivity index (χ4v) is 4.85. The standard InChI is InChI=1S/C25H31N5O3/c1-26-16-21(31)29-22(17-9-4-2-5-10-17)25(33)30-20(15-18-11-8-14-27-23(18)30)24(32)28-19-12-6-3-7-13-19/h3,6-8,11-14,17,20,22,26H,2,4-5,9-10,15-16H2,1H3,(H,28,32)(H,29,31)/t20-,22?/m1/s1. The molecule has 0 radical (unpaired) electrons. The third kappa shape index (κ3) is 5.22. The van der Waals surface area contributed by atoms with Gasteiger partial charge in [0.1, 0.15) is 17.9 Å². The minimum atomic E-state index is -0.727. The molecule has 2 aliphatic rings. The van der Waals surface area contributed by atoms with E-state index in [9.17, 15) is 14.4 Å². The number of nitrogens with zero attached hydrogens (tertiary/aromatic N) is 2. The van der Waals surface area contributed by atoms with Crippen LogP contribution in [-0.4, -0.2) is 48.4 Å². The number of fused-ring (bicyclic) bond motifs is 1. The van der Waals surface area contributed by atoms with Crippen LogP contribution < -0.4 is 20.9 Å². The second-order valence-electron chi connectivity index (χ2n) is 8.74. The van der Waals surface area contributed by atoms with E-state index in [0.29, 0.717) is 17.9 Å². The molecule has 1 aromatic heterocycles. The third-order valence-corrected chi connectivity index (χ3v) is 6.44. The quantitative estimate of drug-likeness (QED) is 0.602. The third-order valence-electron chi connectivity index (χ3n) is 6.44. The van der Waals surface area contributed by atoms with E-state index in [2.05, 4.69) is 20.9 Å². The van der Waals surface area contributed by atoms with Crippen LogP contribution in [0.1, 0.15) is 37.7 Å². The van der Waals surface area contributed by atoms with Gasteiger partial charge in [0.15, 0.2) is 0 Å². The number of para-hydroxylation sites is 1. The number of likely N-dealkylation sites (N-methyl/N-ethyl adjacent to an activating group) is 1. The van der Waals surface area contributed by atoms with Crippen LogP contribution in [0.25, 0.3) is 0 Å². The molecule has 1 fully saturated rings. The lowest BCUT2D eigenvalue weighted by Crippen LogP contribution is -2.57. The minimum Gasteiger partial charge on any atom is -0.343 e. The molecule has 0 spiro atoms. The number of aromatic nitrogens is 1. The number of benzene rings is 1. The highest BCUT2D eigenvalue weighted by molar-refractivity contribution is 6.09. The molecular weight excluding hydrogens is 418 g/mol. The molecule has 8 nitrogen and oxygen atoms in total. The van der Waals surface area contributed by atoms with E-state index >= 15 is 0 Å². The Morgan fingerprint density at radius 2 is 1.82 bits per heavy atom. The molecule has 2 aromatic rings. The number of carbonyl (C=O) groups is 3. The number of nitrogens with one attached hydrogen (secondary N) is 3. The Labute approximate surface area is 194 Å². The van der Waals surface area contributed by atoms with Crippen LogP contribution in [-0.2, 0) is 20.8 Å². The zero-order valence-electron chi connectivity index (χ0n) is 18.9. The Kier molecular flexibility index (Phi) is 7.34. The number of anilines is 2. The maximum absolute atomic E-state index is 14.0. The van der Waals surface area contributed by atoms with E-state index in [1.807, 2.05) is 42.5 Å². The van der Waals surface area contributed by atoms with Crippen molar-refractivity contribution in [3.05, 3.63) is 54.2 Å². The first-order valence-electron chi connectivity index (χ1n) is 11.7. The number of amides is 3. The van der Waals surface area contributed by atoms with Crippen molar-refractivity contribution in [2.45, 2.75) is 50.6 Å². The summed E-state index contributed by atoms with van der Waals surface area (Å²) in [7, 11) is 1.70. The van der Waals surface area contributed by atoms with Crippen LogP contribution in [0, 0.1) is 5.92 Å². The first-order valence-corrected chi connectivity index (χ1v) is 11.7. The number of rotatable bonds is 7. The number of carbonyl (C=O) groups excluding carboxylic acids is 3. The van der Waals surface area contributed by atoms with E-state index in [4.69, 9.17) is 0 Å². The average molecular weight is 450 g/mol. The fourth-order valence-electron chi connectivity index (χ4n) is 4.85. The van der Waals surface area contributed by atoms with E-state index in [0.717, 1.165) is 37.7 Å². The Morgan fingerprint density at radius 1 is 1.06 bits per heavy atom. The highest BCUT2D eigenvalue weighted by Crippen LogP contribution is 2.34. The smallest absolute Gasteiger partial charge is 0.251 e.